The van der Waals surface area contributed by atoms with Gasteiger partial charge < -0.3 is 20.7 Å². The molecule has 2 rings (SSSR count). The van der Waals surface area contributed by atoms with Crippen LogP contribution in [0, 0.1) is 0 Å². The summed E-state index contributed by atoms with van der Waals surface area (Å²) < 4.78 is 5.27. The van der Waals surface area contributed by atoms with Crippen molar-refractivity contribution in [2.24, 2.45) is 0 Å². The van der Waals surface area contributed by atoms with E-state index in [9.17, 15) is 9.59 Å². The average Bonchev–Trinajstić information content (AvgIpc) is 2.74. The van der Waals surface area contributed by atoms with E-state index in [-0.39, 0.29) is 23.9 Å². The first-order chi connectivity index (χ1) is 7.75. The van der Waals surface area contributed by atoms with Gasteiger partial charge in [-0.1, -0.05) is 0 Å². The lowest BCUT2D eigenvalue weighted by atomic mass is 10.2. The number of rotatable bonds is 3. The minimum atomic E-state index is -0.350. The smallest absolute Gasteiger partial charge is 0.242 e. The van der Waals surface area contributed by atoms with E-state index in [0.29, 0.717) is 26.0 Å². The Hall–Kier alpha value is -1.14. The van der Waals surface area contributed by atoms with E-state index in [4.69, 9.17) is 4.74 Å². The first-order valence-corrected chi connectivity index (χ1v) is 5.64. The van der Waals surface area contributed by atoms with Gasteiger partial charge in [0.2, 0.25) is 11.8 Å². The molecule has 0 aromatic heterocycles. The van der Waals surface area contributed by atoms with Crippen LogP contribution in [0.25, 0.3) is 0 Å². The van der Waals surface area contributed by atoms with Crippen molar-refractivity contribution < 1.29 is 14.3 Å². The highest BCUT2D eigenvalue weighted by molar-refractivity contribution is 5.90. The first kappa shape index (κ1) is 11.3. The molecule has 2 heterocycles. The molecule has 0 aromatic rings. The maximum atomic E-state index is 11.6. The van der Waals surface area contributed by atoms with Gasteiger partial charge in [0.05, 0.1) is 13.2 Å². The Bertz CT molecular complexity index is 276. The standard InChI is InChI=1S/C10H17N3O3/c14-9-2-1-8(13-9)10(15)12-5-7-6-16-4-3-11-7/h7-8,11H,1-6H2,(H,12,15)(H,13,14). The van der Waals surface area contributed by atoms with E-state index >= 15 is 0 Å². The highest BCUT2D eigenvalue weighted by Crippen LogP contribution is 2.06. The van der Waals surface area contributed by atoms with E-state index in [1.807, 2.05) is 0 Å². The van der Waals surface area contributed by atoms with Crippen LogP contribution in [0.15, 0.2) is 0 Å². The Morgan fingerprint density at radius 2 is 2.44 bits per heavy atom. The lowest BCUT2D eigenvalue weighted by molar-refractivity contribution is -0.125. The van der Waals surface area contributed by atoms with Crippen molar-refractivity contribution in [3.63, 3.8) is 0 Å². The predicted molar refractivity (Wildman–Crippen MR) is 56.8 cm³/mol. The predicted octanol–water partition coefficient (Wildman–Crippen LogP) is -1.63. The monoisotopic (exact) mass is 227 g/mol. The number of nitrogens with one attached hydrogen (secondary N) is 3. The molecule has 16 heavy (non-hydrogen) atoms. The fraction of sp³-hybridized carbons (Fsp3) is 0.800. The number of carbonyl (C=O) groups is 2. The van der Waals surface area contributed by atoms with Gasteiger partial charge in [-0.05, 0) is 6.42 Å². The van der Waals surface area contributed by atoms with Crippen LogP contribution in [0.4, 0.5) is 0 Å². The highest BCUT2D eigenvalue weighted by Gasteiger charge is 2.27. The van der Waals surface area contributed by atoms with Crippen LogP contribution in [0.3, 0.4) is 0 Å². The van der Waals surface area contributed by atoms with Gasteiger partial charge in [0.25, 0.3) is 0 Å². The molecule has 2 saturated heterocycles. The average molecular weight is 227 g/mol. The number of hydrogen-bond donors (Lipinski definition) is 3. The summed E-state index contributed by atoms with van der Waals surface area (Å²) in [6.45, 7) is 2.71. The molecule has 2 fully saturated rings. The van der Waals surface area contributed by atoms with Crippen LogP contribution in [0.1, 0.15) is 12.8 Å². The largest absolute Gasteiger partial charge is 0.378 e. The van der Waals surface area contributed by atoms with E-state index in [1.165, 1.54) is 0 Å². The second-order valence-electron chi connectivity index (χ2n) is 4.13. The molecule has 0 bridgehead atoms. The van der Waals surface area contributed by atoms with Gasteiger partial charge in [-0.25, -0.2) is 0 Å². The fourth-order valence-electron chi connectivity index (χ4n) is 1.91. The molecule has 0 saturated carbocycles. The number of ether oxygens (including phenoxy) is 1. The molecule has 0 radical (unpaired) electrons. The summed E-state index contributed by atoms with van der Waals surface area (Å²) in [6.07, 6.45) is 1.04. The van der Waals surface area contributed by atoms with Crippen molar-refractivity contribution in [2.75, 3.05) is 26.3 Å². The molecule has 2 amide bonds. The maximum absolute atomic E-state index is 11.6. The topological polar surface area (TPSA) is 79.5 Å². The number of amides is 2. The van der Waals surface area contributed by atoms with Gasteiger partial charge in [-0.3, -0.25) is 9.59 Å². The second-order valence-corrected chi connectivity index (χ2v) is 4.13. The molecule has 6 heteroatoms. The molecule has 0 spiro atoms. The molecule has 2 unspecified atom stereocenters. The Morgan fingerprint density at radius 1 is 1.56 bits per heavy atom. The van der Waals surface area contributed by atoms with Gasteiger partial charge in [0.1, 0.15) is 6.04 Å². The first-order valence-electron chi connectivity index (χ1n) is 5.64. The van der Waals surface area contributed by atoms with Crippen LogP contribution in [-0.4, -0.2) is 50.2 Å². The van der Waals surface area contributed by atoms with Crippen molar-refractivity contribution in [1.29, 1.82) is 0 Å². The SMILES string of the molecule is O=C1CCC(C(=O)NCC2COCCN2)N1. The zero-order valence-corrected chi connectivity index (χ0v) is 9.12. The Labute approximate surface area is 94.1 Å². The Balaban J connectivity index is 1.68. The molecular formula is C10H17N3O3. The molecule has 2 aliphatic heterocycles. The van der Waals surface area contributed by atoms with Crippen LogP contribution in [-0.2, 0) is 14.3 Å². The van der Waals surface area contributed by atoms with Crippen molar-refractivity contribution in [3.05, 3.63) is 0 Å². The third kappa shape index (κ3) is 2.93. The van der Waals surface area contributed by atoms with E-state index < -0.39 is 0 Å². The van der Waals surface area contributed by atoms with Crippen LogP contribution in [0.5, 0.6) is 0 Å². The fourth-order valence-corrected chi connectivity index (χ4v) is 1.91. The van der Waals surface area contributed by atoms with Gasteiger partial charge in [-0.2, -0.15) is 0 Å². The highest BCUT2D eigenvalue weighted by atomic mass is 16.5. The van der Waals surface area contributed by atoms with E-state index in [2.05, 4.69) is 16.0 Å². The van der Waals surface area contributed by atoms with Crippen molar-refractivity contribution in [1.82, 2.24) is 16.0 Å². The quantitative estimate of drug-likeness (QED) is 0.541. The van der Waals surface area contributed by atoms with Crippen LogP contribution in [0.2, 0.25) is 0 Å². The minimum absolute atomic E-state index is 0.0423. The molecule has 2 aliphatic rings. The van der Waals surface area contributed by atoms with Gasteiger partial charge in [-0.15, -0.1) is 0 Å². The molecule has 6 nitrogen and oxygen atoms in total. The lowest BCUT2D eigenvalue weighted by Crippen LogP contribution is -2.51. The Morgan fingerprint density at radius 3 is 3.06 bits per heavy atom. The van der Waals surface area contributed by atoms with Crippen molar-refractivity contribution >= 4 is 11.8 Å². The third-order valence-electron chi connectivity index (χ3n) is 2.83. The van der Waals surface area contributed by atoms with E-state index in [0.717, 1.165) is 13.2 Å². The molecule has 0 aromatic carbocycles. The van der Waals surface area contributed by atoms with E-state index in [1.54, 1.807) is 0 Å². The lowest BCUT2D eigenvalue weighted by Gasteiger charge is -2.24. The zero-order chi connectivity index (χ0) is 11.4. The number of hydrogen-bond acceptors (Lipinski definition) is 4. The second kappa shape index (κ2) is 5.27. The molecule has 0 aliphatic carbocycles. The van der Waals surface area contributed by atoms with Crippen molar-refractivity contribution in [2.45, 2.75) is 24.9 Å². The summed E-state index contributed by atoms with van der Waals surface area (Å²) in [4.78, 5) is 22.6. The zero-order valence-electron chi connectivity index (χ0n) is 9.12. The summed E-state index contributed by atoms with van der Waals surface area (Å²) in [7, 11) is 0. The number of morpholine rings is 1. The van der Waals surface area contributed by atoms with Gasteiger partial charge in [0, 0.05) is 25.6 Å². The molecule has 3 N–H and O–H groups in total. The molecule has 2 atom stereocenters. The summed E-state index contributed by atoms with van der Waals surface area (Å²) in [5.74, 6) is -0.141. The normalized spacial score (nSPS) is 29.9. The van der Waals surface area contributed by atoms with Gasteiger partial charge in [0.15, 0.2) is 0 Å². The summed E-state index contributed by atoms with van der Waals surface area (Å²) in [5, 5.41) is 8.70. The minimum Gasteiger partial charge on any atom is -0.378 e. The third-order valence-corrected chi connectivity index (χ3v) is 2.83. The maximum Gasteiger partial charge on any atom is 0.242 e. The number of carbonyl (C=O) groups excluding carboxylic acids is 2. The summed E-state index contributed by atoms with van der Waals surface area (Å²) in [6, 6.07) is -0.174. The van der Waals surface area contributed by atoms with Crippen LogP contribution >= 0.6 is 0 Å². The summed E-state index contributed by atoms with van der Waals surface area (Å²) in [5.41, 5.74) is 0. The summed E-state index contributed by atoms with van der Waals surface area (Å²) >= 11 is 0. The van der Waals surface area contributed by atoms with Crippen molar-refractivity contribution in [3.8, 4) is 0 Å². The molecule has 90 valence electrons. The molecular weight excluding hydrogens is 210 g/mol. The Kier molecular flexibility index (Phi) is 3.74. The van der Waals surface area contributed by atoms with Crippen LogP contribution < -0.4 is 16.0 Å². The van der Waals surface area contributed by atoms with Gasteiger partial charge >= 0.3 is 0 Å².